The lowest BCUT2D eigenvalue weighted by Crippen LogP contribution is -2.51. The van der Waals surface area contributed by atoms with Crippen molar-refractivity contribution in [1.82, 2.24) is 0 Å². The van der Waals surface area contributed by atoms with E-state index >= 15 is 0 Å². The molecule has 0 aliphatic carbocycles. The van der Waals surface area contributed by atoms with Crippen LogP contribution < -0.4 is 0 Å². The number of aliphatic carboxylic acids is 2. The number of carbonyl (C=O) groups is 2. The second-order valence-corrected chi connectivity index (χ2v) is 6.30. The molecule has 2 aliphatic heterocycles. The highest BCUT2D eigenvalue weighted by atomic mass is 16.5. The molecular weight excluding hydrogens is 302 g/mol. The molecule has 2 aliphatic rings. The first-order valence-corrected chi connectivity index (χ1v) is 8.11. The minimum absolute atomic E-state index is 0.288. The number of hydrogen-bond acceptors (Lipinski definition) is 5. The van der Waals surface area contributed by atoms with E-state index in [2.05, 4.69) is 6.07 Å². The zero-order chi connectivity index (χ0) is 16.9. The van der Waals surface area contributed by atoms with Gasteiger partial charge in [0.15, 0.2) is 5.92 Å². The Hall–Kier alpha value is -1.65. The van der Waals surface area contributed by atoms with Gasteiger partial charge < -0.3 is 19.7 Å². The molecule has 0 spiro atoms. The van der Waals surface area contributed by atoms with Crippen LogP contribution in [0.25, 0.3) is 0 Å². The van der Waals surface area contributed by atoms with Crippen LogP contribution in [0.3, 0.4) is 0 Å². The van der Waals surface area contributed by atoms with Gasteiger partial charge in [-0.1, -0.05) is 0 Å². The zero-order valence-corrected chi connectivity index (χ0v) is 13.1. The van der Waals surface area contributed by atoms with Gasteiger partial charge in [0.25, 0.3) is 0 Å². The van der Waals surface area contributed by atoms with Gasteiger partial charge in [0.05, 0.1) is 18.3 Å². The summed E-state index contributed by atoms with van der Waals surface area (Å²) in [7, 11) is 0. The van der Waals surface area contributed by atoms with Crippen molar-refractivity contribution < 1.29 is 29.3 Å². The van der Waals surface area contributed by atoms with Gasteiger partial charge in [-0.3, -0.25) is 9.59 Å². The second-order valence-electron chi connectivity index (χ2n) is 6.30. The highest BCUT2D eigenvalue weighted by Crippen LogP contribution is 2.43. The first-order valence-electron chi connectivity index (χ1n) is 8.11. The number of carboxylic acid groups (broad SMARTS) is 2. The summed E-state index contributed by atoms with van der Waals surface area (Å²) >= 11 is 0. The van der Waals surface area contributed by atoms with Crippen LogP contribution in [0.4, 0.5) is 0 Å². The summed E-state index contributed by atoms with van der Waals surface area (Å²) in [6.07, 6.45) is 3.55. The van der Waals surface area contributed by atoms with E-state index in [4.69, 9.17) is 9.47 Å². The molecular formula is C16H23NO6. The summed E-state index contributed by atoms with van der Waals surface area (Å²) in [6, 6.07) is 2.22. The Morgan fingerprint density at radius 2 is 1.52 bits per heavy atom. The third-order valence-corrected chi connectivity index (χ3v) is 4.85. The number of carboxylic acids is 2. The highest BCUT2D eigenvalue weighted by Gasteiger charge is 2.52. The number of nitrogens with zero attached hydrogens (tertiary/aromatic N) is 1. The first kappa shape index (κ1) is 17.7. The molecule has 0 aromatic carbocycles. The molecule has 0 amide bonds. The van der Waals surface area contributed by atoms with E-state index in [1.165, 1.54) is 0 Å². The molecule has 2 atom stereocenters. The third-order valence-electron chi connectivity index (χ3n) is 4.85. The van der Waals surface area contributed by atoms with Gasteiger partial charge in [0.1, 0.15) is 5.41 Å². The van der Waals surface area contributed by atoms with Crippen LogP contribution in [0.1, 0.15) is 44.9 Å². The highest BCUT2D eigenvalue weighted by molar-refractivity contribution is 5.93. The van der Waals surface area contributed by atoms with E-state index in [-0.39, 0.29) is 6.42 Å². The van der Waals surface area contributed by atoms with Crippen molar-refractivity contribution in [2.75, 3.05) is 13.2 Å². The molecule has 2 fully saturated rings. The van der Waals surface area contributed by atoms with Crippen molar-refractivity contribution in [1.29, 1.82) is 5.26 Å². The minimum atomic E-state index is -1.63. The van der Waals surface area contributed by atoms with Gasteiger partial charge in [-0.05, 0) is 44.9 Å². The lowest BCUT2D eigenvalue weighted by atomic mass is 9.68. The third kappa shape index (κ3) is 3.82. The van der Waals surface area contributed by atoms with Crippen LogP contribution in [-0.4, -0.2) is 47.6 Å². The predicted octanol–water partition coefficient (Wildman–Crippen LogP) is 1.81. The molecule has 2 rings (SSSR count). The molecule has 0 radical (unpaired) electrons. The maximum Gasteiger partial charge on any atom is 0.317 e. The molecule has 0 saturated carbocycles. The largest absolute Gasteiger partial charge is 0.481 e. The van der Waals surface area contributed by atoms with Crippen molar-refractivity contribution in [2.45, 2.75) is 57.2 Å². The van der Waals surface area contributed by atoms with Crippen LogP contribution in [-0.2, 0) is 19.1 Å². The van der Waals surface area contributed by atoms with E-state index in [0.717, 1.165) is 25.7 Å². The Balaban J connectivity index is 2.33. The fourth-order valence-electron chi connectivity index (χ4n) is 3.57. The van der Waals surface area contributed by atoms with Crippen LogP contribution >= 0.6 is 0 Å². The number of rotatable bonds is 6. The summed E-state index contributed by atoms with van der Waals surface area (Å²) in [4.78, 5) is 22.7. The zero-order valence-electron chi connectivity index (χ0n) is 13.1. The lowest BCUT2D eigenvalue weighted by Gasteiger charge is -2.44. The van der Waals surface area contributed by atoms with Gasteiger partial charge in [-0.15, -0.1) is 0 Å². The quantitative estimate of drug-likeness (QED) is 0.715. The molecule has 2 N–H and O–H groups in total. The summed E-state index contributed by atoms with van der Waals surface area (Å²) in [5.74, 6) is -4.49. The van der Waals surface area contributed by atoms with Crippen molar-refractivity contribution in [2.24, 2.45) is 11.3 Å². The topological polar surface area (TPSA) is 117 Å². The summed E-state index contributed by atoms with van der Waals surface area (Å²) in [5.41, 5.74) is -1.23. The Morgan fingerprint density at radius 1 is 1.04 bits per heavy atom. The first-order chi connectivity index (χ1) is 11.0. The Morgan fingerprint density at radius 3 is 1.83 bits per heavy atom. The van der Waals surface area contributed by atoms with Crippen LogP contribution in [0.5, 0.6) is 0 Å². The maximum atomic E-state index is 11.3. The van der Waals surface area contributed by atoms with Gasteiger partial charge in [0, 0.05) is 13.2 Å². The molecule has 128 valence electrons. The molecule has 0 bridgehead atoms. The molecule has 2 unspecified atom stereocenters. The van der Waals surface area contributed by atoms with E-state index < -0.39 is 35.5 Å². The van der Waals surface area contributed by atoms with Gasteiger partial charge in [-0.2, -0.15) is 5.26 Å². The molecule has 0 aromatic rings. The maximum absolute atomic E-state index is 11.3. The predicted molar refractivity (Wildman–Crippen MR) is 78.6 cm³/mol. The van der Waals surface area contributed by atoms with Crippen molar-refractivity contribution in [3.8, 4) is 6.07 Å². The van der Waals surface area contributed by atoms with E-state index in [1.807, 2.05) is 0 Å². The summed E-state index contributed by atoms with van der Waals surface area (Å²) < 4.78 is 11.5. The van der Waals surface area contributed by atoms with Crippen LogP contribution in [0.2, 0.25) is 0 Å². The molecule has 0 aromatic heterocycles. The van der Waals surface area contributed by atoms with Crippen molar-refractivity contribution in [3.05, 3.63) is 0 Å². The number of nitriles is 1. The summed E-state index contributed by atoms with van der Waals surface area (Å²) in [5, 5.41) is 28.4. The second kappa shape index (κ2) is 7.75. The van der Waals surface area contributed by atoms with Crippen molar-refractivity contribution in [3.63, 3.8) is 0 Å². The smallest absolute Gasteiger partial charge is 0.317 e. The molecule has 7 nitrogen and oxygen atoms in total. The molecule has 2 saturated heterocycles. The van der Waals surface area contributed by atoms with Gasteiger partial charge in [-0.25, -0.2) is 0 Å². The molecule has 7 heteroatoms. The lowest BCUT2D eigenvalue weighted by molar-refractivity contribution is -0.164. The monoisotopic (exact) mass is 325 g/mol. The van der Waals surface area contributed by atoms with E-state index in [9.17, 15) is 25.1 Å². The fourth-order valence-corrected chi connectivity index (χ4v) is 3.57. The minimum Gasteiger partial charge on any atom is -0.481 e. The van der Waals surface area contributed by atoms with Crippen molar-refractivity contribution >= 4 is 11.9 Å². The Labute approximate surface area is 135 Å². The fraction of sp³-hybridized carbons (Fsp3) is 0.812. The average Bonchev–Trinajstić information content (AvgIpc) is 2.57. The summed E-state index contributed by atoms with van der Waals surface area (Å²) in [6.45, 7) is 1.01. The van der Waals surface area contributed by atoms with E-state index in [0.29, 0.717) is 26.1 Å². The number of hydrogen-bond donors (Lipinski definition) is 2. The number of ether oxygens (including phenoxy) is 2. The standard InChI is InChI=1S/C16H23NO6/c17-10-16(12-5-1-3-7-22-12,13-6-2-4-8-23-13)9-11(14(18)19)15(20)21/h11-13H,1-9H2,(H,18,19)(H,20,21). The van der Waals surface area contributed by atoms with E-state index in [1.54, 1.807) is 0 Å². The van der Waals surface area contributed by atoms with Crippen LogP contribution in [0.15, 0.2) is 0 Å². The molecule has 23 heavy (non-hydrogen) atoms. The normalized spacial score (nSPS) is 27.8. The Bertz CT molecular complexity index is 441. The SMILES string of the molecule is N#CC(CC(C(=O)O)C(=O)O)(C1CCCCO1)C1CCCCO1. The Kier molecular flexibility index (Phi) is 5.97. The van der Waals surface area contributed by atoms with Crippen LogP contribution in [0, 0.1) is 22.7 Å². The average molecular weight is 325 g/mol. The molecule has 2 heterocycles. The van der Waals surface area contributed by atoms with Gasteiger partial charge >= 0.3 is 11.9 Å². The van der Waals surface area contributed by atoms with Gasteiger partial charge in [0.2, 0.25) is 0 Å².